The first-order valence-electron chi connectivity index (χ1n) is 56.4. The lowest BCUT2D eigenvalue weighted by Gasteiger charge is -2.52. The van der Waals surface area contributed by atoms with Crippen LogP contribution >= 0.6 is 0 Å². The Morgan fingerprint density at radius 3 is 0.973 bits per heavy atom. The van der Waals surface area contributed by atoms with Crippen LogP contribution in [-0.4, -0.2) is 179 Å². The van der Waals surface area contributed by atoms with Crippen LogP contribution in [0.15, 0.2) is 97.1 Å². The lowest BCUT2D eigenvalue weighted by molar-refractivity contribution is -0.170. The van der Waals surface area contributed by atoms with Gasteiger partial charge in [0.25, 0.3) is 0 Å². The van der Waals surface area contributed by atoms with Crippen LogP contribution in [0.1, 0.15) is 283 Å². The van der Waals surface area contributed by atoms with Gasteiger partial charge in [-0.3, -0.25) is 19.2 Å². The van der Waals surface area contributed by atoms with Crippen molar-refractivity contribution in [1.82, 2.24) is 0 Å². The Kier molecular flexibility index (Phi) is 51.2. The van der Waals surface area contributed by atoms with Gasteiger partial charge in [0.15, 0.2) is 6.61 Å². The number of esters is 7. The lowest BCUT2D eigenvalue weighted by Crippen LogP contribution is -2.59. The normalized spacial score (nSPS) is 20.6. The minimum atomic E-state index is -1.33. The summed E-state index contributed by atoms with van der Waals surface area (Å²) in [6.45, 7) is 100. The average molecular weight is 2200 g/mol. The standard InChI is InChI=1S/C22H38O3Si2.C22H40OSi2.C18H40O2Si3.C17H36O2Si2.C11H16O.2C10H16O4.C10H14O/c1-8-18(2)19-9-11-20(12-10-19)24-15-21(23)25-22(16-26(3,4)5)13-14-27(6,7)17-22;1-9-21(2,3)19-10-12-20(13-11-19)23-22(18-24(4,5)6)14-16-25(7,8)17-15-22;1-11-17(2,3)16(19)20-18(12-21(4,5)6)13-22(7,8)15-23(9,10)14-18;1-9-16(2,3)15(18)19-17(14-20(4,5)6)10-12-21(7,8)13-11-17;1-4-11(2,3)9-5-7-10(12)8-6-9;2*1-4-10(2,3)9(12)14-7-5-6-13-8(7)11;1-3-8(2)9-4-6-10(11)7-5-9/h9-12,18H,8,13-17H2,1-7H3;10-13H,9,14-18H2,1-8H3;11-15H2,1-10H3;9-14H2,1-8H3;5-8,12H,4H2,1-3H3;2*7H,4-6H2,1-3H3;4-8,11H,3H2,1-2H3. The van der Waals surface area contributed by atoms with Crippen molar-refractivity contribution in [1.29, 1.82) is 0 Å². The molecule has 0 spiro atoms. The third kappa shape index (κ3) is 48.1. The molecule has 0 radical (unpaired) electrons. The summed E-state index contributed by atoms with van der Waals surface area (Å²) in [5, 5.41) is 18.1. The summed E-state index contributed by atoms with van der Waals surface area (Å²) < 4.78 is 50.8. The first kappa shape index (κ1) is 135. The third-order valence-electron chi connectivity index (χ3n) is 31.9. The highest BCUT2D eigenvalue weighted by Gasteiger charge is 2.55. The molecule has 6 aliphatic rings. The van der Waals surface area contributed by atoms with E-state index >= 15 is 0 Å². The van der Waals surface area contributed by atoms with Crippen LogP contribution in [0.25, 0.3) is 0 Å². The Labute approximate surface area is 906 Å². The van der Waals surface area contributed by atoms with Crippen molar-refractivity contribution in [3.8, 4) is 23.0 Å². The Hall–Kier alpha value is -5.68. The molecule has 0 bridgehead atoms. The molecule has 2 N–H and O–H groups in total. The molecule has 6 fully saturated rings. The highest BCUT2D eigenvalue weighted by atomic mass is 28.4. The fourth-order valence-corrected chi connectivity index (χ4v) is 55.0. The van der Waals surface area contributed by atoms with Gasteiger partial charge >= 0.3 is 41.8 Å². The van der Waals surface area contributed by atoms with Gasteiger partial charge < -0.3 is 52.8 Å². The van der Waals surface area contributed by atoms with Gasteiger partial charge in [0.2, 0.25) is 12.2 Å². The van der Waals surface area contributed by atoms with Crippen molar-refractivity contribution in [2.75, 3.05) is 19.8 Å². The molecule has 10 rings (SSSR count). The van der Waals surface area contributed by atoms with E-state index in [-0.39, 0.29) is 80.5 Å². The van der Waals surface area contributed by atoms with Gasteiger partial charge in [-0.25, -0.2) is 14.4 Å². The zero-order chi connectivity index (χ0) is 113. The molecule has 6 saturated heterocycles. The number of hydrogen-bond donors (Lipinski definition) is 2. The predicted octanol–water partition coefficient (Wildman–Crippen LogP) is 33.7. The lowest BCUT2D eigenvalue weighted by atomic mass is 9.82. The number of benzene rings is 4. The molecule has 4 aromatic rings. The van der Waals surface area contributed by atoms with E-state index in [0.717, 1.165) is 93.5 Å². The van der Waals surface area contributed by atoms with Gasteiger partial charge in [0.05, 0.1) is 42.9 Å². The number of phenolic OH excluding ortho intramolecular Hbond substituents is 2. The SMILES string of the molecule is CCC(C)(C)C(=O)OC1(C[Si](C)(C)C)CC[Si](C)(C)CC1.CCC(C)(C)C(=O)OC1(C[Si](C)(C)C)C[Si](C)(C)C[Si](C)(C)C1.CCC(C)(C)C(=O)OC1CCOC1=O.CCC(C)(C)C(=O)OC1CCOC1=O.CCC(C)(C)c1ccc(O)cc1.CCC(C)(C)c1ccc(OC2(C[Si](C)(C)C)CC[Si](C)(C)CC2)cc1.CCC(C)c1ccc(O)cc1.CCC(C)c1ccc(OCC(=O)OC2(C[Si](C)(C)C)CC[Si](C)(C)C2)cc1. The summed E-state index contributed by atoms with van der Waals surface area (Å²) in [5.74, 6) is 1.96. The second kappa shape index (κ2) is 55.6. The number of aromatic hydroxyl groups is 2. The van der Waals surface area contributed by atoms with E-state index in [1.165, 1.54) is 89.1 Å². The Balaban J connectivity index is 0.000000439. The molecule has 6 aliphatic heterocycles. The van der Waals surface area contributed by atoms with E-state index in [0.29, 0.717) is 62.2 Å². The zero-order valence-electron chi connectivity index (χ0n) is 102. The largest absolute Gasteiger partial charge is 0.508 e. The highest BCUT2D eigenvalue weighted by molar-refractivity contribution is 6.97. The fourth-order valence-electron chi connectivity index (χ4n) is 20.7. The molecular weight excluding hydrogens is 1980 g/mol. The molecule has 5 atom stereocenters. The summed E-state index contributed by atoms with van der Waals surface area (Å²) in [4.78, 5) is 83.3. The van der Waals surface area contributed by atoms with Gasteiger partial charge in [-0.1, -0.05) is 325 Å². The van der Waals surface area contributed by atoms with Crippen LogP contribution in [0.5, 0.6) is 23.0 Å². The van der Waals surface area contributed by atoms with Crippen LogP contribution in [0.4, 0.5) is 0 Å². The number of cyclic esters (lactones) is 2. The molecule has 840 valence electrons. The fraction of sp³-hybridized carbons (Fsp3) is 0.742. The molecule has 4 aromatic carbocycles. The topological polar surface area (TPSA) is 243 Å². The molecule has 27 heteroatoms. The maximum Gasteiger partial charge on any atom is 0.347 e. The minimum Gasteiger partial charge on any atom is -0.508 e. The monoisotopic (exact) mass is 2200 g/mol. The van der Waals surface area contributed by atoms with E-state index in [1.807, 2.05) is 77.9 Å². The van der Waals surface area contributed by atoms with Crippen molar-refractivity contribution < 1.29 is 86.4 Å². The van der Waals surface area contributed by atoms with Crippen LogP contribution in [0, 0.1) is 21.7 Å². The third-order valence-corrected chi connectivity index (χ3v) is 59.2. The molecule has 6 heterocycles. The number of carbonyl (C=O) groups excluding carboxylic acids is 7. The summed E-state index contributed by atoms with van der Waals surface area (Å²) in [5.41, 5.74) is 5.02. The zero-order valence-corrected chi connectivity index (χ0v) is 111. The molecule has 0 amide bonds. The van der Waals surface area contributed by atoms with Gasteiger partial charge in [-0.05, 0) is 275 Å². The quantitative estimate of drug-likeness (QED) is 0.0251. The van der Waals surface area contributed by atoms with Crippen molar-refractivity contribution >= 4 is 114 Å². The summed E-state index contributed by atoms with van der Waals surface area (Å²) in [6.07, 6.45) is 12.9. The van der Waals surface area contributed by atoms with E-state index in [1.54, 1.807) is 52.0 Å². The van der Waals surface area contributed by atoms with Gasteiger partial charge in [0, 0.05) is 77.4 Å². The van der Waals surface area contributed by atoms with Gasteiger partial charge in [-0.2, -0.15) is 0 Å². The molecule has 147 heavy (non-hydrogen) atoms. The smallest absolute Gasteiger partial charge is 0.347 e. The number of rotatable bonds is 34. The molecule has 0 saturated carbocycles. The second-order valence-corrected chi connectivity index (χ2v) is 106. The maximum atomic E-state index is 12.9. The Morgan fingerprint density at radius 1 is 0.367 bits per heavy atom. The predicted molar refractivity (Wildman–Crippen MR) is 642 cm³/mol. The molecule has 18 nitrogen and oxygen atoms in total. The van der Waals surface area contributed by atoms with Crippen LogP contribution < -0.4 is 9.47 Å². The van der Waals surface area contributed by atoms with E-state index in [2.05, 4.69) is 264 Å². The Bertz CT molecular complexity index is 4620. The van der Waals surface area contributed by atoms with E-state index in [9.17, 15) is 33.6 Å². The molecule has 0 aromatic heterocycles. The maximum absolute atomic E-state index is 12.9. The second-order valence-electron chi connectivity index (χ2n) is 57.3. The number of ether oxygens (including phenoxy) is 9. The highest BCUT2D eigenvalue weighted by Crippen LogP contribution is 2.52. The van der Waals surface area contributed by atoms with Crippen molar-refractivity contribution in [3.05, 3.63) is 119 Å². The van der Waals surface area contributed by atoms with E-state index in [4.69, 9.17) is 52.8 Å². The average Bonchev–Trinajstić information content (AvgIpc) is 1.61. The van der Waals surface area contributed by atoms with Crippen molar-refractivity contribution in [2.24, 2.45) is 21.7 Å². The van der Waals surface area contributed by atoms with Gasteiger partial charge in [-0.15, -0.1) is 0 Å². The molecule has 5 unspecified atom stereocenters. The van der Waals surface area contributed by atoms with Crippen molar-refractivity contribution in [3.63, 3.8) is 0 Å². The molecule has 0 aliphatic carbocycles. The first-order chi connectivity index (χ1) is 66.9. The molecular formula is C120H216O18Si9. The minimum absolute atomic E-state index is 0.00187. The number of carbonyl (C=O) groups is 7. The number of hydrogen-bond acceptors (Lipinski definition) is 18. The van der Waals surface area contributed by atoms with Crippen LogP contribution in [0.3, 0.4) is 0 Å². The summed E-state index contributed by atoms with van der Waals surface area (Å²) >= 11 is 0. The summed E-state index contributed by atoms with van der Waals surface area (Å²) in [6, 6.07) is 46.7. The van der Waals surface area contributed by atoms with Crippen LogP contribution in [-0.2, 0) is 77.5 Å². The number of phenols is 2. The summed E-state index contributed by atoms with van der Waals surface area (Å²) in [7, 11) is -10.9. The van der Waals surface area contributed by atoms with Crippen molar-refractivity contribution in [2.45, 2.75) is 528 Å². The van der Waals surface area contributed by atoms with Gasteiger partial charge in [0.1, 0.15) is 45.4 Å². The van der Waals surface area contributed by atoms with E-state index < -0.39 is 108 Å². The Morgan fingerprint density at radius 2 is 0.653 bits per heavy atom. The first-order valence-corrected chi connectivity index (χ1v) is 88.3. The van der Waals surface area contributed by atoms with Crippen LogP contribution in [0.2, 0.25) is 222 Å².